The van der Waals surface area contributed by atoms with Gasteiger partial charge in [0.1, 0.15) is 6.61 Å². The lowest BCUT2D eigenvalue weighted by Gasteiger charge is -2.19. The van der Waals surface area contributed by atoms with Gasteiger partial charge in [-0.25, -0.2) is 0 Å². The molecule has 5 nitrogen and oxygen atoms in total. The van der Waals surface area contributed by atoms with Crippen molar-refractivity contribution in [2.24, 2.45) is 0 Å². The van der Waals surface area contributed by atoms with Gasteiger partial charge in [-0.05, 0) is 20.8 Å². The van der Waals surface area contributed by atoms with E-state index in [9.17, 15) is 0 Å². The van der Waals surface area contributed by atoms with Gasteiger partial charge in [0.2, 0.25) is 6.29 Å². The molecule has 0 bridgehead atoms. The monoisotopic (exact) mass is 261 g/mol. The zero-order chi connectivity index (χ0) is 13.6. The second-order valence-corrected chi connectivity index (χ2v) is 3.50. The number of rotatable bonds is 13. The lowest BCUT2D eigenvalue weighted by atomic mass is 10.6. The second kappa shape index (κ2) is 12.8. The molecule has 0 aromatic rings. The third-order valence-corrected chi connectivity index (χ3v) is 1.84. The van der Waals surface area contributed by atoms with Crippen LogP contribution in [0.2, 0.25) is 0 Å². The smallest absolute Gasteiger partial charge is 0.223 e. The lowest BCUT2D eigenvalue weighted by molar-refractivity contribution is -0.156. The Bertz CT molecular complexity index is 196. The largest absolute Gasteiger partial charge is 0.468 e. The molecule has 0 spiro atoms. The maximum atomic E-state index is 5.46. The van der Waals surface area contributed by atoms with Gasteiger partial charge in [0, 0.05) is 13.2 Å². The van der Waals surface area contributed by atoms with Crippen molar-refractivity contribution < 1.29 is 23.7 Å². The normalized spacial score (nSPS) is 12.4. The molecule has 0 saturated carbocycles. The van der Waals surface area contributed by atoms with Crippen LogP contribution >= 0.6 is 0 Å². The highest BCUT2D eigenvalue weighted by Gasteiger charge is 2.09. The molecule has 18 heavy (non-hydrogen) atoms. The van der Waals surface area contributed by atoms with E-state index in [0.29, 0.717) is 52.0 Å². The van der Waals surface area contributed by atoms with Crippen molar-refractivity contribution in [3.63, 3.8) is 0 Å². The third kappa shape index (κ3) is 11.9. The summed E-state index contributed by atoms with van der Waals surface area (Å²) in [4.78, 5) is 0. The minimum Gasteiger partial charge on any atom is -0.468 e. The van der Waals surface area contributed by atoms with E-state index in [1.165, 1.54) is 0 Å². The zero-order valence-electron chi connectivity index (χ0n) is 11.5. The van der Waals surface area contributed by atoms with Crippen LogP contribution in [0.5, 0.6) is 0 Å². The molecule has 0 aliphatic heterocycles. The van der Waals surface area contributed by atoms with E-state index in [2.05, 4.69) is 13.5 Å². The number of allylic oxidation sites excluding steroid dienone is 1. The Labute approximate surface area is 110 Å². The van der Waals surface area contributed by atoms with Crippen LogP contribution in [0.15, 0.2) is 12.3 Å². The molecular formula is C13H25O5. The van der Waals surface area contributed by atoms with E-state index in [0.717, 1.165) is 0 Å². The van der Waals surface area contributed by atoms with Gasteiger partial charge in [0.15, 0.2) is 0 Å². The van der Waals surface area contributed by atoms with Gasteiger partial charge in [0.05, 0.1) is 32.2 Å². The van der Waals surface area contributed by atoms with Crippen molar-refractivity contribution in [1.29, 1.82) is 0 Å². The molecule has 5 heteroatoms. The molecule has 0 rings (SSSR count). The molecule has 1 atom stereocenters. The summed E-state index contributed by atoms with van der Waals surface area (Å²) in [5.41, 5.74) is 0. The van der Waals surface area contributed by atoms with Gasteiger partial charge in [-0.2, -0.15) is 0 Å². The standard InChI is InChI=1S/C13H25O5/c1-5-14-7-8-16-9-10-17-13(11-15-6-2)18-12(3)4/h13H,2-3,5-11H2,1,4H3. The molecule has 0 fully saturated rings. The summed E-state index contributed by atoms with van der Waals surface area (Å²) in [6, 6.07) is 0. The Hall–Kier alpha value is -0.620. The molecule has 0 N–H and O–H groups in total. The first-order chi connectivity index (χ1) is 8.70. The Morgan fingerprint density at radius 3 is 2.33 bits per heavy atom. The summed E-state index contributed by atoms with van der Waals surface area (Å²) in [7, 11) is 0. The molecule has 1 unspecified atom stereocenters. The van der Waals surface area contributed by atoms with Crippen LogP contribution in [0, 0.1) is 6.92 Å². The van der Waals surface area contributed by atoms with Gasteiger partial charge < -0.3 is 23.7 Å². The van der Waals surface area contributed by atoms with Crippen molar-refractivity contribution in [2.45, 2.75) is 20.1 Å². The highest BCUT2D eigenvalue weighted by molar-refractivity contribution is 4.74. The summed E-state index contributed by atoms with van der Waals surface area (Å²) < 4.78 is 26.4. The number of ether oxygens (including phenoxy) is 5. The van der Waals surface area contributed by atoms with Gasteiger partial charge in [-0.1, -0.05) is 6.58 Å². The maximum absolute atomic E-state index is 5.46. The van der Waals surface area contributed by atoms with E-state index in [4.69, 9.17) is 23.7 Å². The van der Waals surface area contributed by atoms with Crippen molar-refractivity contribution in [3.05, 3.63) is 19.3 Å². The molecule has 107 valence electrons. The average Bonchev–Trinajstić information content (AvgIpc) is 2.34. The lowest BCUT2D eigenvalue weighted by Crippen LogP contribution is -2.25. The predicted octanol–water partition coefficient (Wildman–Crippen LogP) is 1.78. The van der Waals surface area contributed by atoms with Crippen molar-refractivity contribution >= 4 is 0 Å². The van der Waals surface area contributed by atoms with Gasteiger partial charge in [0.25, 0.3) is 0 Å². The fourth-order valence-electron chi connectivity index (χ4n) is 1.12. The van der Waals surface area contributed by atoms with Crippen LogP contribution in [0.25, 0.3) is 0 Å². The highest BCUT2D eigenvalue weighted by Crippen LogP contribution is 2.02. The summed E-state index contributed by atoms with van der Waals surface area (Å²) in [5.74, 6) is 0.588. The SMILES string of the molecule is [CH2]COCC(OCCOCCOCC)OC(=C)C. The predicted molar refractivity (Wildman–Crippen MR) is 69.1 cm³/mol. The van der Waals surface area contributed by atoms with Crippen LogP contribution in [0.4, 0.5) is 0 Å². The summed E-state index contributed by atoms with van der Waals surface area (Å²) in [5, 5.41) is 0. The number of hydrogen-bond donors (Lipinski definition) is 0. The van der Waals surface area contributed by atoms with Crippen LogP contribution in [0.3, 0.4) is 0 Å². The molecule has 0 amide bonds. The molecule has 0 aliphatic rings. The van der Waals surface area contributed by atoms with E-state index < -0.39 is 6.29 Å². The first-order valence-electron chi connectivity index (χ1n) is 6.17. The van der Waals surface area contributed by atoms with Crippen LogP contribution < -0.4 is 0 Å². The first kappa shape index (κ1) is 17.4. The topological polar surface area (TPSA) is 46.2 Å². The molecule has 0 aromatic heterocycles. The maximum Gasteiger partial charge on any atom is 0.223 e. The van der Waals surface area contributed by atoms with Gasteiger partial charge in [-0.15, -0.1) is 0 Å². The zero-order valence-corrected chi connectivity index (χ0v) is 11.5. The van der Waals surface area contributed by atoms with E-state index in [1.807, 2.05) is 6.92 Å². The second-order valence-electron chi connectivity index (χ2n) is 3.50. The fourth-order valence-corrected chi connectivity index (χ4v) is 1.12. The number of hydrogen-bond acceptors (Lipinski definition) is 5. The van der Waals surface area contributed by atoms with E-state index in [1.54, 1.807) is 6.92 Å². The minimum absolute atomic E-state index is 0.329. The van der Waals surface area contributed by atoms with Crippen molar-refractivity contribution in [3.8, 4) is 0 Å². The quantitative estimate of drug-likeness (QED) is 0.287. The van der Waals surface area contributed by atoms with Gasteiger partial charge >= 0.3 is 0 Å². The molecule has 0 saturated heterocycles. The van der Waals surface area contributed by atoms with Gasteiger partial charge in [-0.3, -0.25) is 0 Å². The first-order valence-corrected chi connectivity index (χ1v) is 6.17. The summed E-state index contributed by atoms with van der Waals surface area (Å²) in [6.45, 7) is 14.5. The molecular weight excluding hydrogens is 236 g/mol. The average molecular weight is 261 g/mol. The Morgan fingerprint density at radius 2 is 1.72 bits per heavy atom. The molecule has 0 heterocycles. The van der Waals surface area contributed by atoms with E-state index in [-0.39, 0.29) is 0 Å². The van der Waals surface area contributed by atoms with Crippen molar-refractivity contribution in [1.82, 2.24) is 0 Å². The minimum atomic E-state index is -0.459. The Morgan fingerprint density at radius 1 is 1.06 bits per heavy atom. The molecule has 0 aromatic carbocycles. The van der Waals surface area contributed by atoms with E-state index >= 15 is 0 Å². The molecule has 0 aliphatic carbocycles. The summed E-state index contributed by atoms with van der Waals surface area (Å²) in [6.07, 6.45) is -0.459. The highest BCUT2D eigenvalue weighted by atomic mass is 16.7. The van der Waals surface area contributed by atoms with Crippen molar-refractivity contribution in [2.75, 3.05) is 46.2 Å². The summed E-state index contributed by atoms with van der Waals surface area (Å²) >= 11 is 0. The van der Waals surface area contributed by atoms with Crippen LogP contribution in [0.1, 0.15) is 13.8 Å². The fraction of sp³-hybridized carbons (Fsp3) is 0.769. The van der Waals surface area contributed by atoms with Crippen LogP contribution in [-0.2, 0) is 23.7 Å². The molecule has 1 radical (unpaired) electrons. The van der Waals surface area contributed by atoms with Crippen LogP contribution in [-0.4, -0.2) is 52.5 Å². The Kier molecular flexibility index (Phi) is 12.4. The third-order valence-electron chi connectivity index (χ3n) is 1.84. The Balaban J connectivity index is 3.52.